The van der Waals surface area contributed by atoms with Crippen molar-refractivity contribution in [2.75, 3.05) is 25.9 Å². The maximum atomic E-state index is 11.7. The largest absolute Gasteiger partial charge is 0.396 e. The first kappa shape index (κ1) is 12.4. The predicted molar refractivity (Wildman–Crippen MR) is 56.6 cm³/mol. The summed E-state index contributed by atoms with van der Waals surface area (Å²) in [5, 5.41) is 15.4. The summed E-state index contributed by atoms with van der Waals surface area (Å²) in [5.74, 6) is -0.296. The lowest BCUT2D eigenvalue weighted by molar-refractivity contribution is 0.0782. The van der Waals surface area contributed by atoms with E-state index in [9.17, 15) is 4.79 Å². The Morgan fingerprint density at radius 1 is 1.44 bits per heavy atom. The van der Waals surface area contributed by atoms with E-state index in [0.717, 1.165) is 19.3 Å². The van der Waals surface area contributed by atoms with Crippen molar-refractivity contribution in [3.63, 3.8) is 0 Å². The monoisotopic (exact) mass is 228 g/mol. The van der Waals surface area contributed by atoms with Gasteiger partial charge in [-0.25, -0.2) is 4.63 Å². The van der Waals surface area contributed by atoms with Crippen LogP contribution in [-0.2, 0) is 0 Å². The molecular formula is C9H16N4O3. The quantitative estimate of drug-likeness (QED) is 0.658. The Morgan fingerprint density at radius 3 is 2.75 bits per heavy atom. The number of nitrogen functional groups attached to an aromatic ring is 1. The molecule has 1 rings (SSSR count). The van der Waals surface area contributed by atoms with Gasteiger partial charge in [-0.05, 0) is 29.6 Å². The topological polar surface area (TPSA) is 105 Å². The van der Waals surface area contributed by atoms with Gasteiger partial charge in [-0.2, -0.15) is 0 Å². The second-order valence-corrected chi connectivity index (χ2v) is 3.51. The van der Waals surface area contributed by atoms with Crippen molar-refractivity contribution in [3.8, 4) is 0 Å². The molecule has 1 heterocycles. The summed E-state index contributed by atoms with van der Waals surface area (Å²) in [5.41, 5.74) is 5.45. The van der Waals surface area contributed by atoms with Gasteiger partial charge in [0.2, 0.25) is 11.5 Å². The van der Waals surface area contributed by atoms with Crippen LogP contribution in [0.4, 0.5) is 5.82 Å². The molecule has 0 fully saturated rings. The summed E-state index contributed by atoms with van der Waals surface area (Å²) in [6.45, 7) is 0.767. The molecule has 0 saturated heterocycles. The van der Waals surface area contributed by atoms with Crippen molar-refractivity contribution in [2.24, 2.45) is 0 Å². The Labute approximate surface area is 93.2 Å². The van der Waals surface area contributed by atoms with E-state index in [0.29, 0.717) is 6.54 Å². The second kappa shape index (κ2) is 6.06. The molecule has 0 aliphatic carbocycles. The fourth-order valence-corrected chi connectivity index (χ4v) is 1.26. The van der Waals surface area contributed by atoms with Gasteiger partial charge in [0, 0.05) is 20.2 Å². The minimum Gasteiger partial charge on any atom is -0.396 e. The Morgan fingerprint density at radius 2 is 2.19 bits per heavy atom. The molecule has 16 heavy (non-hydrogen) atoms. The maximum absolute atomic E-state index is 11.7. The fourth-order valence-electron chi connectivity index (χ4n) is 1.26. The average Bonchev–Trinajstić information content (AvgIpc) is 2.69. The number of amides is 1. The van der Waals surface area contributed by atoms with E-state index in [1.165, 1.54) is 4.90 Å². The highest BCUT2D eigenvalue weighted by Crippen LogP contribution is 2.08. The van der Waals surface area contributed by atoms with Crippen LogP contribution in [0.5, 0.6) is 0 Å². The molecule has 0 aliphatic rings. The zero-order valence-electron chi connectivity index (χ0n) is 9.22. The first-order valence-electron chi connectivity index (χ1n) is 5.11. The summed E-state index contributed by atoms with van der Waals surface area (Å²) in [7, 11) is 1.66. The summed E-state index contributed by atoms with van der Waals surface area (Å²) in [6, 6.07) is 0. The molecule has 1 aromatic heterocycles. The van der Waals surface area contributed by atoms with Gasteiger partial charge in [0.05, 0.1) is 0 Å². The van der Waals surface area contributed by atoms with Crippen LogP contribution >= 0.6 is 0 Å². The molecule has 3 N–H and O–H groups in total. The summed E-state index contributed by atoms with van der Waals surface area (Å²) < 4.78 is 4.35. The number of aliphatic hydroxyl groups excluding tert-OH is 1. The highest BCUT2D eigenvalue weighted by atomic mass is 16.6. The summed E-state index contributed by atoms with van der Waals surface area (Å²) in [6.07, 6.45) is 2.45. The molecule has 0 aliphatic heterocycles. The third-order valence-electron chi connectivity index (χ3n) is 2.21. The molecule has 0 unspecified atom stereocenters. The fraction of sp³-hybridized carbons (Fsp3) is 0.667. The van der Waals surface area contributed by atoms with Crippen LogP contribution in [0.15, 0.2) is 4.63 Å². The van der Waals surface area contributed by atoms with E-state index in [1.807, 2.05) is 0 Å². The van der Waals surface area contributed by atoms with Gasteiger partial charge in [0.25, 0.3) is 5.91 Å². The van der Waals surface area contributed by atoms with Gasteiger partial charge >= 0.3 is 0 Å². The molecule has 1 aromatic rings. The van der Waals surface area contributed by atoms with Crippen LogP contribution in [0.25, 0.3) is 0 Å². The smallest absolute Gasteiger partial charge is 0.279 e. The minimum absolute atomic E-state index is 0.00667. The van der Waals surface area contributed by atoms with Crippen molar-refractivity contribution in [3.05, 3.63) is 5.69 Å². The van der Waals surface area contributed by atoms with Gasteiger partial charge in [0.15, 0.2) is 0 Å². The van der Waals surface area contributed by atoms with Crippen LogP contribution in [0, 0.1) is 0 Å². The SMILES string of the molecule is CN(CCCCCO)C(=O)c1nonc1N. The van der Waals surface area contributed by atoms with E-state index in [-0.39, 0.29) is 24.0 Å². The highest BCUT2D eigenvalue weighted by Gasteiger charge is 2.19. The normalized spacial score (nSPS) is 10.4. The highest BCUT2D eigenvalue weighted by molar-refractivity contribution is 5.95. The molecule has 0 aromatic carbocycles. The molecule has 0 radical (unpaired) electrons. The van der Waals surface area contributed by atoms with Crippen LogP contribution in [-0.4, -0.2) is 46.4 Å². The van der Waals surface area contributed by atoms with Crippen LogP contribution < -0.4 is 5.73 Å². The van der Waals surface area contributed by atoms with E-state index in [4.69, 9.17) is 10.8 Å². The number of anilines is 1. The number of hydrogen-bond acceptors (Lipinski definition) is 6. The lowest BCUT2D eigenvalue weighted by Crippen LogP contribution is -2.28. The first-order chi connectivity index (χ1) is 7.66. The average molecular weight is 228 g/mol. The molecule has 90 valence electrons. The van der Waals surface area contributed by atoms with Crippen molar-refractivity contribution >= 4 is 11.7 Å². The summed E-state index contributed by atoms with van der Waals surface area (Å²) >= 11 is 0. The number of aliphatic hydroxyl groups is 1. The molecule has 7 heteroatoms. The number of carbonyl (C=O) groups is 1. The van der Waals surface area contributed by atoms with E-state index >= 15 is 0 Å². The molecule has 0 bridgehead atoms. The molecule has 0 spiro atoms. The Balaban J connectivity index is 2.40. The lowest BCUT2D eigenvalue weighted by atomic mass is 10.2. The molecular weight excluding hydrogens is 212 g/mol. The summed E-state index contributed by atoms with van der Waals surface area (Å²) in [4.78, 5) is 13.2. The van der Waals surface area contributed by atoms with Gasteiger partial charge in [-0.3, -0.25) is 4.79 Å². The predicted octanol–water partition coefficient (Wildman–Crippen LogP) is -0.114. The van der Waals surface area contributed by atoms with Crippen LogP contribution in [0.1, 0.15) is 29.8 Å². The number of nitrogens with two attached hydrogens (primary N) is 1. The van der Waals surface area contributed by atoms with Crippen molar-refractivity contribution in [2.45, 2.75) is 19.3 Å². The number of unbranched alkanes of at least 4 members (excludes halogenated alkanes) is 2. The third kappa shape index (κ3) is 3.20. The second-order valence-electron chi connectivity index (χ2n) is 3.51. The number of rotatable bonds is 6. The van der Waals surface area contributed by atoms with E-state index in [2.05, 4.69) is 14.9 Å². The van der Waals surface area contributed by atoms with Crippen molar-refractivity contribution in [1.29, 1.82) is 0 Å². The van der Waals surface area contributed by atoms with Gasteiger partial charge in [-0.15, -0.1) is 0 Å². The Hall–Kier alpha value is -1.63. The third-order valence-corrected chi connectivity index (χ3v) is 2.21. The number of aromatic nitrogens is 2. The Kier molecular flexibility index (Phi) is 4.71. The molecule has 1 amide bonds. The molecule has 0 atom stereocenters. The maximum Gasteiger partial charge on any atom is 0.279 e. The van der Waals surface area contributed by atoms with Crippen molar-refractivity contribution < 1.29 is 14.5 Å². The number of hydrogen-bond donors (Lipinski definition) is 2. The van der Waals surface area contributed by atoms with Gasteiger partial charge < -0.3 is 15.7 Å². The first-order valence-corrected chi connectivity index (χ1v) is 5.11. The van der Waals surface area contributed by atoms with Crippen LogP contribution in [0.2, 0.25) is 0 Å². The molecule has 0 saturated carbocycles. The standard InChI is InChI=1S/C9H16N4O3/c1-13(5-3-2-4-6-14)9(15)7-8(10)12-16-11-7/h14H,2-6H2,1H3,(H2,10,12). The zero-order chi connectivity index (χ0) is 12.0. The van der Waals surface area contributed by atoms with E-state index in [1.54, 1.807) is 7.05 Å². The molecule has 7 nitrogen and oxygen atoms in total. The zero-order valence-corrected chi connectivity index (χ0v) is 9.22. The number of carbonyl (C=O) groups excluding carboxylic acids is 1. The minimum atomic E-state index is -0.303. The van der Waals surface area contributed by atoms with Crippen LogP contribution in [0.3, 0.4) is 0 Å². The number of nitrogens with zero attached hydrogens (tertiary/aromatic N) is 3. The van der Waals surface area contributed by atoms with Gasteiger partial charge in [0.1, 0.15) is 0 Å². The van der Waals surface area contributed by atoms with Gasteiger partial charge in [-0.1, -0.05) is 0 Å². The van der Waals surface area contributed by atoms with Crippen molar-refractivity contribution in [1.82, 2.24) is 15.2 Å². The lowest BCUT2D eigenvalue weighted by Gasteiger charge is -2.15. The Bertz CT molecular complexity index is 339. The van der Waals surface area contributed by atoms with E-state index < -0.39 is 0 Å².